The van der Waals surface area contributed by atoms with E-state index in [9.17, 15) is 4.79 Å². The molecule has 1 rings (SSSR count). The lowest BCUT2D eigenvalue weighted by atomic mass is 10.00. The lowest BCUT2D eigenvalue weighted by Gasteiger charge is -2.37. The molecule has 0 saturated carbocycles. The van der Waals surface area contributed by atoms with Gasteiger partial charge in [0.25, 0.3) is 0 Å². The van der Waals surface area contributed by atoms with Gasteiger partial charge in [0.15, 0.2) is 6.29 Å². The number of ether oxygens (including phenoxy) is 1. The van der Waals surface area contributed by atoms with E-state index in [2.05, 4.69) is 4.74 Å². The van der Waals surface area contributed by atoms with Gasteiger partial charge >= 0.3 is 5.97 Å². The van der Waals surface area contributed by atoms with E-state index in [1.807, 2.05) is 6.92 Å². The summed E-state index contributed by atoms with van der Waals surface area (Å²) < 4.78 is 4.58. The SMILES string of the molecule is CCC=C(C)C(=O)O.OC[C@H]1O[C@@H](O)[C@H](O)[C@@H](O)[C@H]1O. The molecule has 118 valence electrons. The van der Waals surface area contributed by atoms with Gasteiger partial charge in [-0.2, -0.15) is 0 Å². The Morgan fingerprint density at radius 1 is 1.15 bits per heavy atom. The maximum Gasteiger partial charge on any atom is 0.330 e. The highest BCUT2D eigenvalue weighted by molar-refractivity contribution is 5.85. The van der Waals surface area contributed by atoms with Gasteiger partial charge in [0.05, 0.1) is 6.61 Å². The molecule has 5 atom stereocenters. The van der Waals surface area contributed by atoms with E-state index in [0.29, 0.717) is 5.57 Å². The van der Waals surface area contributed by atoms with Crippen LogP contribution in [-0.2, 0) is 9.53 Å². The molecular weight excluding hydrogens is 272 g/mol. The number of aliphatic hydroxyl groups excluding tert-OH is 5. The molecule has 0 aliphatic carbocycles. The van der Waals surface area contributed by atoms with Crippen LogP contribution in [0.25, 0.3) is 0 Å². The second kappa shape index (κ2) is 9.01. The van der Waals surface area contributed by atoms with E-state index < -0.39 is 43.3 Å². The summed E-state index contributed by atoms with van der Waals surface area (Å²) in [6, 6.07) is 0. The van der Waals surface area contributed by atoms with Gasteiger partial charge in [-0.3, -0.25) is 0 Å². The van der Waals surface area contributed by atoms with Crippen molar-refractivity contribution >= 4 is 5.97 Å². The minimum absolute atomic E-state index is 0.424. The molecule has 0 amide bonds. The molecule has 6 N–H and O–H groups in total. The summed E-state index contributed by atoms with van der Waals surface area (Å²) in [5.41, 5.74) is 0.424. The van der Waals surface area contributed by atoms with Gasteiger partial charge < -0.3 is 35.4 Å². The van der Waals surface area contributed by atoms with Crippen LogP contribution in [-0.4, -0.2) is 73.9 Å². The highest BCUT2D eigenvalue weighted by Crippen LogP contribution is 2.18. The van der Waals surface area contributed by atoms with Crippen LogP contribution >= 0.6 is 0 Å². The average Bonchev–Trinajstić information content (AvgIpc) is 2.41. The zero-order valence-corrected chi connectivity index (χ0v) is 11.4. The Morgan fingerprint density at radius 2 is 1.70 bits per heavy atom. The highest BCUT2D eigenvalue weighted by Gasteiger charge is 2.42. The summed E-state index contributed by atoms with van der Waals surface area (Å²) in [5.74, 6) is -0.827. The Hall–Kier alpha value is -1.03. The predicted molar refractivity (Wildman–Crippen MR) is 67.7 cm³/mol. The van der Waals surface area contributed by atoms with Crippen molar-refractivity contribution < 1.29 is 40.2 Å². The van der Waals surface area contributed by atoms with Crippen molar-refractivity contribution in [2.75, 3.05) is 6.61 Å². The number of aliphatic carboxylic acids is 1. The number of aliphatic hydroxyl groups is 5. The fourth-order valence-corrected chi connectivity index (χ4v) is 1.48. The normalized spacial score (nSPS) is 34.1. The molecule has 20 heavy (non-hydrogen) atoms. The smallest absolute Gasteiger partial charge is 0.330 e. The molecule has 1 fully saturated rings. The van der Waals surface area contributed by atoms with Crippen LogP contribution in [0.3, 0.4) is 0 Å². The maximum absolute atomic E-state index is 10.0. The number of carbonyl (C=O) groups is 1. The predicted octanol–water partition coefficient (Wildman–Crippen LogP) is -1.79. The van der Waals surface area contributed by atoms with Crippen molar-refractivity contribution in [1.29, 1.82) is 0 Å². The maximum atomic E-state index is 10.0. The van der Waals surface area contributed by atoms with Crippen LogP contribution in [0.15, 0.2) is 11.6 Å². The van der Waals surface area contributed by atoms with Crippen molar-refractivity contribution in [3.05, 3.63) is 11.6 Å². The summed E-state index contributed by atoms with van der Waals surface area (Å²) >= 11 is 0. The fourth-order valence-electron chi connectivity index (χ4n) is 1.48. The third kappa shape index (κ3) is 5.53. The minimum atomic E-state index is -1.57. The lowest BCUT2D eigenvalue weighted by Crippen LogP contribution is -2.58. The van der Waals surface area contributed by atoms with E-state index in [1.54, 1.807) is 13.0 Å². The van der Waals surface area contributed by atoms with Crippen molar-refractivity contribution in [2.45, 2.75) is 51.0 Å². The van der Waals surface area contributed by atoms with Gasteiger partial charge in [0.1, 0.15) is 24.4 Å². The Kier molecular flexibility index (Phi) is 8.54. The van der Waals surface area contributed by atoms with Crippen LogP contribution in [0.4, 0.5) is 0 Å². The monoisotopic (exact) mass is 294 g/mol. The first kappa shape index (κ1) is 19.0. The molecule has 0 radical (unpaired) electrons. The van der Waals surface area contributed by atoms with Crippen LogP contribution < -0.4 is 0 Å². The van der Waals surface area contributed by atoms with Crippen LogP contribution in [0.2, 0.25) is 0 Å². The molecule has 0 aromatic carbocycles. The third-order valence-corrected chi connectivity index (χ3v) is 2.71. The Bertz CT molecular complexity index is 325. The molecule has 1 aliphatic heterocycles. The third-order valence-electron chi connectivity index (χ3n) is 2.71. The van der Waals surface area contributed by atoms with Crippen LogP contribution in [0.1, 0.15) is 20.3 Å². The van der Waals surface area contributed by atoms with E-state index >= 15 is 0 Å². The van der Waals surface area contributed by atoms with Crippen molar-refractivity contribution in [3.63, 3.8) is 0 Å². The first-order valence-electron chi connectivity index (χ1n) is 6.14. The average molecular weight is 294 g/mol. The number of hydrogen-bond donors (Lipinski definition) is 6. The summed E-state index contributed by atoms with van der Waals surface area (Å²) in [6.07, 6.45) is -4.57. The molecule has 0 spiro atoms. The molecule has 0 bridgehead atoms. The molecular formula is C12H22O8. The molecule has 0 aromatic rings. The number of carboxylic acids is 1. The van der Waals surface area contributed by atoms with Gasteiger partial charge in [0.2, 0.25) is 0 Å². The van der Waals surface area contributed by atoms with Gasteiger partial charge in [-0.05, 0) is 13.3 Å². The van der Waals surface area contributed by atoms with Crippen LogP contribution in [0.5, 0.6) is 0 Å². The molecule has 8 heteroatoms. The van der Waals surface area contributed by atoms with E-state index in [4.69, 9.17) is 30.6 Å². The van der Waals surface area contributed by atoms with E-state index in [-0.39, 0.29) is 0 Å². The minimum Gasteiger partial charge on any atom is -0.478 e. The highest BCUT2D eigenvalue weighted by atomic mass is 16.6. The van der Waals surface area contributed by atoms with E-state index in [0.717, 1.165) is 6.42 Å². The molecule has 1 heterocycles. The largest absolute Gasteiger partial charge is 0.478 e. The number of carboxylic acid groups (broad SMARTS) is 1. The second-order valence-electron chi connectivity index (χ2n) is 4.32. The van der Waals surface area contributed by atoms with Gasteiger partial charge in [-0.15, -0.1) is 0 Å². The molecule has 8 nitrogen and oxygen atoms in total. The van der Waals surface area contributed by atoms with Crippen LogP contribution in [0, 0.1) is 0 Å². The molecule has 1 aliphatic rings. The Balaban J connectivity index is 0.000000396. The summed E-state index contributed by atoms with van der Waals surface area (Å²) in [4.78, 5) is 10.0. The summed E-state index contributed by atoms with van der Waals surface area (Å²) in [6.45, 7) is 2.97. The summed E-state index contributed by atoms with van der Waals surface area (Å²) in [5, 5.41) is 52.9. The number of hydrogen-bond acceptors (Lipinski definition) is 7. The van der Waals surface area contributed by atoms with Crippen molar-refractivity contribution in [1.82, 2.24) is 0 Å². The summed E-state index contributed by atoms with van der Waals surface area (Å²) in [7, 11) is 0. The zero-order chi connectivity index (χ0) is 15.9. The Morgan fingerprint density at radius 3 is 2.05 bits per heavy atom. The first-order valence-corrected chi connectivity index (χ1v) is 6.14. The van der Waals surface area contributed by atoms with Gasteiger partial charge in [-0.25, -0.2) is 4.79 Å². The standard InChI is InChI=1S/C6H12O6.C6H10O2/c7-1-2-3(8)4(9)5(10)6(11)12-2;1-3-4-5(2)6(7)8/h2-11H,1H2;4H,3H2,1-2H3,(H,7,8)/t2-,3+,4+,5-,6-;/m1./s1. The molecule has 1 saturated heterocycles. The van der Waals surface area contributed by atoms with Gasteiger partial charge in [-0.1, -0.05) is 13.0 Å². The molecule has 0 aromatic heterocycles. The van der Waals surface area contributed by atoms with Crippen molar-refractivity contribution in [3.8, 4) is 0 Å². The van der Waals surface area contributed by atoms with Crippen molar-refractivity contribution in [2.24, 2.45) is 0 Å². The lowest BCUT2D eigenvalue weighted by molar-refractivity contribution is -0.286. The first-order chi connectivity index (χ1) is 9.26. The zero-order valence-electron chi connectivity index (χ0n) is 11.4. The van der Waals surface area contributed by atoms with Gasteiger partial charge in [0, 0.05) is 5.57 Å². The Labute approximate surface area is 116 Å². The number of rotatable bonds is 3. The topological polar surface area (TPSA) is 148 Å². The second-order valence-corrected chi connectivity index (χ2v) is 4.32. The molecule has 0 unspecified atom stereocenters. The fraction of sp³-hybridized carbons (Fsp3) is 0.750. The van der Waals surface area contributed by atoms with E-state index in [1.165, 1.54) is 0 Å². The number of allylic oxidation sites excluding steroid dienone is 1. The quantitative estimate of drug-likeness (QED) is 0.334.